The molecule has 9 nitrogen and oxygen atoms in total. The smallest absolute Gasteiger partial charge is 0.335 e. The van der Waals surface area contributed by atoms with Gasteiger partial charge in [0.15, 0.2) is 23.1 Å². The Labute approximate surface area is 242 Å². The molecule has 41 heavy (non-hydrogen) atoms. The Morgan fingerprint density at radius 2 is 1.56 bits per heavy atom. The summed E-state index contributed by atoms with van der Waals surface area (Å²) in [6.07, 6.45) is 3.16. The number of methoxy groups -OCH3 is 1. The second-order valence-corrected chi connectivity index (χ2v) is 10.7. The lowest BCUT2D eigenvalue weighted by Gasteiger charge is -2.44. The van der Waals surface area contributed by atoms with Crippen molar-refractivity contribution in [2.24, 2.45) is 0 Å². The largest absolute Gasteiger partial charge is 0.493 e. The van der Waals surface area contributed by atoms with Crippen molar-refractivity contribution >= 4 is 35.1 Å². The van der Waals surface area contributed by atoms with Crippen molar-refractivity contribution in [3.63, 3.8) is 0 Å². The monoisotopic (exact) mass is 579 g/mol. The first kappa shape index (κ1) is 28.4. The third kappa shape index (κ3) is 5.59. The van der Waals surface area contributed by atoms with Crippen LogP contribution in [0.25, 0.3) is 0 Å². The third-order valence-electron chi connectivity index (χ3n) is 7.80. The van der Waals surface area contributed by atoms with Crippen molar-refractivity contribution in [3.05, 3.63) is 80.7 Å². The summed E-state index contributed by atoms with van der Waals surface area (Å²) in [5.74, 6) is -2.08. The van der Waals surface area contributed by atoms with Crippen LogP contribution < -0.4 is 9.47 Å². The molecule has 2 aromatic rings. The summed E-state index contributed by atoms with van der Waals surface area (Å²) in [5, 5.41) is 18.7. The quantitative estimate of drug-likeness (QED) is 0.394. The number of rotatable bonds is 9. The van der Waals surface area contributed by atoms with Gasteiger partial charge in [0.05, 0.1) is 24.1 Å². The zero-order chi connectivity index (χ0) is 29.3. The number of halogens is 1. The van der Waals surface area contributed by atoms with Crippen LogP contribution in [0.5, 0.6) is 11.5 Å². The predicted molar refractivity (Wildman–Crippen MR) is 149 cm³/mol. The highest BCUT2D eigenvalue weighted by Crippen LogP contribution is 2.51. The van der Waals surface area contributed by atoms with Crippen LogP contribution in [0, 0.1) is 0 Å². The first-order valence-corrected chi connectivity index (χ1v) is 13.9. The van der Waals surface area contributed by atoms with Crippen LogP contribution in [0.1, 0.15) is 72.3 Å². The standard InChI is InChI=1S/C31H30ClNO8/c1-40-25-15-19(14-20(32)30(25)41-16-17-8-10-18(11-9-17)31(38)39)27-28-21(4-2-6-23(28)34)33(13-12-26(36)37)22-5-3-7-24(35)29(22)27/h8-11,14-15,27H,2-7,12-13,16H2,1H3,(H,36,37)(H,38,39). The summed E-state index contributed by atoms with van der Waals surface area (Å²) in [5.41, 5.74) is 4.17. The first-order valence-electron chi connectivity index (χ1n) is 13.5. The molecule has 0 bridgehead atoms. The van der Waals surface area contributed by atoms with Gasteiger partial charge >= 0.3 is 11.9 Å². The highest BCUT2D eigenvalue weighted by atomic mass is 35.5. The van der Waals surface area contributed by atoms with Gasteiger partial charge in [-0.2, -0.15) is 0 Å². The molecule has 3 aliphatic rings. The van der Waals surface area contributed by atoms with Gasteiger partial charge in [0.1, 0.15) is 6.61 Å². The molecule has 0 amide bonds. The van der Waals surface area contributed by atoms with Gasteiger partial charge < -0.3 is 24.6 Å². The maximum Gasteiger partial charge on any atom is 0.335 e. The fraction of sp³-hybridized carbons (Fsp3) is 0.355. The number of aromatic carboxylic acids is 1. The van der Waals surface area contributed by atoms with Crippen molar-refractivity contribution in [3.8, 4) is 11.5 Å². The maximum atomic E-state index is 13.4. The minimum absolute atomic E-state index is 0.0540. The molecule has 2 N–H and O–H groups in total. The van der Waals surface area contributed by atoms with E-state index in [1.165, 1.54) is 19.2 Å². The lowest BCUT2D eigenvalue weighted by Crippen LogP contribution is -2.39. The number of carbonyl (C=O) groups excluding carboxylic acids is 2. The van der Waals surface area contributed by atoms with Crippen molar-refractivity contribution in [1.82, 2.24) is 4.90 Å². The van der Waals surface area contributed by atoms with E-state index in [1.54, 1.807) is 24.3 Å². The zero-order valence-corrected chi connectivity index (χ0v) is 23.3. The topological polar surface area (TPSA) is 130 Å². The molecule has 0 atom stereocenters. The van der Waals surface area contributed by atoms with Gasteiger partial charge in [-0.15, -0.1) is 0 Å². The number of carboxylic acid groups (broad SMARTS) is 2. The van der Waals surface area contributed by atoms with Crippen molar-refractivity contribution < 1.29 is 38.9 Å². The van der Waals surface area contributed by atoms with Gasteiger partial charge in [-0.05, 0) is 61.1 Å². The molecular weight excluding hydrogens is 550 g/mol. The number of allylic oxidation sites excluding steroid dienone is 4. The highest BCUT2D eigenvalue weighted by molar-refractivity contribution is 6.32. The molecule has 0 fully saturated rings. The van der Waals surface area contributed by atoms with E-state index in [1.807, 2.05) is 4.90 Å². The Morgan fingerprint density at radius 1 is 0.951 bits per heavy atom. The van der Waals surface area contributed by atoms with Gasteiger partial charge in [-0.25, -0.2) is 4.79 Å². The number of benzene rings is 2. The van der Waals surface area contributed by atoms with E-state index in [0.29, 0.717) is 61.0 Å². The van der Waals surface area contributed by atoms with Crippen LogP contribution in [0.15, 0.2) is 58.9 Å². The number of hydrogen-bond donors (Lipinski definition) is 2. The number of carboxylic acids is 2. The summed E-state index contributed by atoms with van der Waals surface area (Å²) in [4.78, 5) is 51.4. The Bertz CT molecular complexity index is 1450. The van der Waals surface area contributed by atoms with Crippen LogP contribution >= 0.6 is 11.6 Å². The van der Waals surface area contributed by atoms with Gasteiger partial charge in [0, 0.05) is 47.8 Å². The molecular formula is C31H30ClNO8. The molecule has 1 aliphatic heterocycles. The van der Waals surface area contributed by atoms with Gasteiger partial charge in [-0.1, -0.05) is 23.7 Å². The molecule has 0 radical (unpaired) electrons. The van der Waals surface area contributed by atoms with Crippen LogP contribution in [-0.2, 0) is 21.0 Å². The number of Topliss-reactive ketones (excluding diaryl/α,β-unsaturated/α-hetero) is 2. The lowest BCUT2D eigenvalue weighted by molar-refractivity contribution is -0.137. The predicted octanol–water partition coefficient (Wildman–Crippen LogP) is 5.51. The second kappa shape index (κ2) is 11.8. The van der Waals surface area contributed by atoms with Crippen LogP contribution in [0.2, 0.25) is 5.02 Å². The highest BCUT2D eigenvalue weighted by Gasteiger charge is 2.43. The van der Waals surface area contributed by atoms with E-state index in [9.17, 15) is 24.3 Å². The zero-order valence-electron chi connectivity index (χ0n) is 22.6. The number of hydrogen-bond acceptors (Lipinski definition) is 7. The van der Waals surface area contributed by atoms with Gasteiger partial charge in [0.25, 0.3) is 0 Å². The number of carbonyl (C=O) groups is 4. The molecule has 0 saturated carbocycles. The Morgan fingerprint density at radius 3 is 2.10 bits per heavy atom. The Hall–Kier alpha value is -4.11. The summed E-state index contributed by atoms with van der Waals surface area (Å²) < 4.78 is 11.6. The van der Waals surface area contributed by atoms with Crippen LogP contribution in [0.3, 0.4) is 0 Å². The van der Waals surface area contributed by atoms with Gasteiger partial charge in [0.2, 0.25) is 0 Å². The fourth-order valence-electron chi connectivity index (χ4n) is 5.97. The first-order chi connectivity index (χ1) is 19.7. The molecule has 0 aromatic heterocycles. The van der Waals surface area contributed by atoms with E-state index in [-0.39, 0.29) is 47.5 Å². The van der Waals surface area contributed by atoms with E-state index < -0.39 is 17.9 Å². The Kier molecular flexibility index (Phi) is 8.17. The minimum atomic E-state index is -1.02. The van der Waals surface area contributed by atoms with Crippen molar-refractivity contribution in [2.75, 3.05) is 13.7 Å². The molecule has 0 unspecified atom stereocenters. The van der Waals surface area contributed by atoms with E-state index >= 15 is 0 Å². The molecule has 0 spiro atoms. The fourth-order valence-corrected chi connectivity index (χ4v) is 6.25. The van der Waals surface area contributed by atoms with E-state index in [2.05, 4.69) is 0 Å². The number of ketones is 2. The summed E-state index contributed by atoms with van der Waals surface area (Å²) in [6.45, 7) is 0.309. The molecule has 0 saturated heterocycles. The number of nitrogens with zero attached hydrogens (tertiary/aromatic N) is 1. The lowest BCUT2D eigenvalue weighted by atomic mass is 9.71. The Balaban J connectivity index is 1.55. The molecule has 2 aromatic carbocycles. The third-order valence-corrected chi connectivity index (χ3v) is 8.09. The van der Waals surface area contributed by atoms with Crippen LogP contribution in [0.4, 0.5) is 0 Å². The summed E-state index contributed by atoms with van der Waals surface area (Å²) >= 11 is 6.74. The van der Waals surface area contributed by atoms with Crippen molar-refractivity contribution in [2.45, 2.75) is 57.5 Å². The van der Waals surface area contributed by atoms with Crippen molar-refractivity contribution in [1.29, 1.82) is 0 Å². The normalized spacial score (nSPS) is 17.4. The molecule has 2 aliphatic carbocycles. The number of ether oxygens (including phenoxy) is 2. The minimum Gasteiger partial charge on any atom is -0.493 e. The maximum absolute atomic E-state index is 13.4. The average molecular weight is 580 g/mol. The molecule has 10 heteroatoms. The average Bonchev–Trinajstić information content (AvgIpc) is 2.95. The summed E-state index contributed by atoms with van der Waals surface area (Å²) in [6, 6.07) is 9.73. The van der Waals surface area contributed by atoms with E-state index in [0.717, 1.165) is 17.0 Å². The summed E-state index contributed by atoms with van der Waals surface area (Å²) in [7, 11) is 1.48. The van der Waals surface area contributed by atoms with Gasteiger partial charge in [-0.3, -0.25) is 14.4 Å². The molecule has 214 valence electrons. The van der Waals surface area contributed by atoms with E-state index in [4.69, 9.17) is 26.2 Å². The molecule has 5 rings (SSSR count). The van der Waals surface area contributed by atoms with Crippen LogP contribution in [-0.4, -0.2) is 52.3 Å². The SMILES string of the molecule is COc1cc(C2C3=C(CCCC3=O)N(CCC(=O)O)C3=C2C(=O)CCC3)cc(Cl)c1OCc1ccc(C(=O)O)cc1. The second-order valence-electron chi connectivity index (χ2n) is 10.3. The molecule has 1 heterocycles. The number of aliphatic carboxylic acids is 1.